The van der Waals surface area contributed by atoms with E-state index in [1.807, 2.05) is 12.4 Å². The Morgan fingerprint density at radius 3 is 2.40 bits per heavy atom. The molecule has 0 aliphatic heterocycles. The lowest BCUT2D eigenvalue weighted by atomic mass is 10.2. The van der Waals surface area contributed by atoms with Crippen LogP contribution in [0, 0.1) is 0 Å². The smallest absolute Gasteiger partial charge is 0.328 e. The second-order valence-electron chi connectivity index (χ2n) is 3.82. The van der Waals surface area contributed by atoms with Crippen molar-refractivity contribution in [3.05, 3.63) is 22.9 Å². The third-order valence-electron chi connectivity index (χ3n) is 2.49. The Kier molecular flexibility index (Phi) is 5.18. The maximum Gasteiger partial charge on any atom is 0.328 e. The van der Waals surface area contributed by atoms with Crippen LogP contribution in [0.25, 0.3) is 0 Å². The van der Waals surface area contributed by atoms with Gasteiger partial charge in [0, 0.05) is 25.5 Å². The molecule has 0 spiro atoms. The monoisotopic (exact) mass is 211 g/mol. The van der Waals surface area contributed by atoms with Crippen molar-refractivity contribution in [2.24, 2.45) is 5.73 Å². The predicted molar refractivity (Wildman–Crippen MR) is 61.9 cm³/mol. The normalized spacial score (nSPS) is 10.8. The van der Waals surface area contributed by atoms with Crippen molar-refractivity contribution in [2.75, 3.05) is 6.54 Å². The first-order valence-electron chi connectivity index (χ1n) is 5.75. The molecule has 0 aromatic carbocycles. The summed E-state index contributed by atoms with van der Waals surface area (Å²) in [5.41, 5.74) is 5.52. The van der Waals surface area contributed by atoms with Gasteiger partial charge in [-0.3, -0.25) is 9.13 Å². The molecule has 0 bridgehead atoms. The molecule has 0 atom stereocenters. The van der Waals surface area contributed by atoms with Gasteiger partial charge in [-0.1, -0.05) is 13.3 Å². The summed E-state index contributed by atoms with van der Waals surface area (Å²) in [4.78, 5) is 11.7. The van der Waals surface area contributed by atoms with E-state index in [1.165, 1.54) is 0 Å². The van der Waals surface area contributed by atoms with Gasteiger partial charge in [0.1, 0.15) is 0 Å². The van der Waals surface area contributed by atoms with Crippen molar-refractivity contribution in [2.45, 2.75) is 45.7 Å². The lowest BCUT2D eigenvalue weighted by Crippen LogP contribution is -2.24. The van der Waals surface area contributed by atoms with Gasteiger partial charge in [-0.05, 0) is 25.8 Å². The molecule has 0 fully saturated rings. The fourth-order valence-corrected chi connectivity index (χ4v) is 1.64. The van der Waals surface area contributed by atoms with Gasteiger partial charge >= 0.3 is 5.69 Å². The second-order valence-corrected chi connectivity index (χ2v) is 3.82. The van der Waals surface area contributed by atoms with E-state index >= 15 is 0 Å². The molecule has 86 valence electrons. The summed E-state index contributed by atoms with van der Waals surface area (Å²) in [6.07, 6.45) is 7.92. The van der Waals surface area contributed by atoms with E-state index in [0.717, 1.165) is 45.3 Å². The van der Waals surface area contributed by atoms with Crippen LogP contribution in [-0.4, -0.2) is 15.7 Å². The summed E-state index contributed by atoms with van der Waals surface area (Å²) in [6.45, 7) is 4.45. The highest BCUT2D eigenvalue weighted by molar-refractivity contribution is 4.81. The van der Waals surface area contributed by atoms with Gasteiger partial charge in [0.25, 0.3) is 0 Å². The zero-order chi connectivity index (χ0) is 11.1. The Hall–Kier alpha value is -1.03. The van der Waals surface area contributed by atoms with Gasteiger partial charge in [0.05, 0.1) is 0 Å². The summed E-state index contributed by atoms with van der Waals surface area (Å²) >= 11 is 0. The Morgan fingerprint density at radius 2 is 1.80 bits per heavy atom. The standard InChI is InChI=1S/C11H21N3O/c1-2-7-13-9-10-14(11(13)15)8-5-3-4-6-12/h9-10H,2-8,12H2,1H3. The average Bonchev–Trinajstić information content (AvgIpc) is 2.57. The highest BCUT2D eigenvalue weighted by Gasteiger charge is 2.01. The van der Waals surface area contributed by atoms with Crippen molar-refractivity contribution in [3.8, 4) is 0 Å². The Balaban J connectivity index is 2.44. The summed E-state index contributed by atoms with van der Waals surface area (Å²) in [5, 5.41) is 0. The SMILES string of the molecule is CCCn1ccn(CCCCCN)c1=O. The average molecular weight is 211 g/mol. The number of aryl methyl sites for hydroxylation is 2. The molecule has 1 aromatic rings. The number of hydrogen-bond donors (Lipinski definition) is 1. The molecule has 0 radical (unpaired) electrons. The van der Waals surface area contributed by atoms with Gasteiger partial charge in [0.2, 0.25) is 0 Å². The van der Waals surface area contributed by atoms with Crippen LogP contribution >= 0.6 is 0 Å². The maximum absolute atomic E-state index is 11.7. The fourth-order valence-electron chi connectivity index (χ4n) is 1.64. The molecule has 1 heterocycles. The fraction of sp³-hybridized carbons (Fsp3) is 0.727. The molecule has 0 unspecified atom stereocenters. The minimum atomic E-state index is 0.115. The lowest BCUT2D eigenvalue weighted by molar-refractivity contribution is 0.556. The van der Waals surface area contributed by atoms with Crippen molar-refractivity contribution < 1.29 is 0 Å². The minimum absolute atomic E-state index is 0.115. The third-order valence-corrected chi connectivity index (χ3v) is 2.49. The summed E-state index contributed by atoms with van der Waals surface area (Å²) in [5.74, 6) is 0. The van der Waals surface area contributed by atoms with Crippen molar-refractivity contribution >= 4 is 0 Å². The Labute approximate surface area is 90.7 Å². The van der Waals surface area contributed by atoms with E-state index < -0.39 is 0 Å². The van der Waals surface area contributed by atoms with Crippen molar-refractivity contribution in [1.29, 1.82) is 0 Å². The number of nitrogens with zero attached hydrogens (tertiary/aromatic N) is 2. The molecule has 1 aromatic heterocycles. The minimum Gasteiger partial charge on any atom is -0.330 e. The van der Waals surface area contributed by atoms with E-state index in [2.05, 4.69) is 6.92 Å². The van der Waals surface area contributed by atoms with Gasteiger partial charge in [-0.2, -0.15) is 0 Å². The van der Waals surface area contributed by atoms with Crippen LogP contribution in [0.1, 0.15) is 32.6 Å². The molecule has 4 nitrogen and oxygen atoms in total. The third kappa shape index (κ3) is 3.55. The van der Waals surface area contributed by atoms with Crippen molar-refractivity contribution in [1.82, 2.24) is 9.13 Å². The van der Waals surface area contributed by atoms with Gasteiger partial charge < -0.3 is 5.73 Å². The van der Waals surface area contributed by atoms with E-state index in [0.29, 0.717) is 0 Å². The summed E-state index contributed by atoms with van der Waals surface area (Å²) in [6, 6.07) is 0. The topological polar surface area (TPSA) is 52.9 Å². The van der Waals surface area contributed by atoms with Crippen LogP contribution in [0.2, 0.25) is 0 Å². The maximum atomic E-state index is 11.7. The number of aromatic nitrogens is 2. The molecule has 0 saturated heterocycles. The van der Waals surface area contributed by atoms with Gasteiger partial charge in [-0.15, -0.1) is 0 Å². The highest BCUT2D eigenvalue weighted by atomic mass is 16.1. The molecule has 2 N–H and O–H groups in total. The number of nitrogens with two attached hydrogens (primary N) is 1. The Morgan fingerprint density at radius 1 is 1.13 bits per heavy atom. The first-order valence-corrected chi connectivity index (χ1v) is 5.75. The van der Waals surface area contributed by atoms with E-state index in [9.17, 15) is 4.79 Å². The van der Waals surface area contributed by atoms with Crippen LogP contribution in [0.5, 0.6) is 0 Å². The van der Waals surface area contributed by atoms with Crippen LogP contribution in [0.4, 0.5) is 0 Å². The molecule has 15 heavy (non-hydrogen) atoms. The van der Waals surface area contributed by atoms with E-state index in [1.54, 1.807) is 9.13 Å². The molecule has 0 aliphatic carbocycles. The number of hydrogen-bond acceptors (Lipinski definition) is 2. The summed E-state index contributed by atoms with van der Waals surface area (Å²) in [7, 11) is 0. The lowest BCUT2D eigenvalue weighted by Gasteiger charge is -2.01. The molecule has 4 heteroatoms. The van der Waals surface area contributed by atoms with E-state index in [-0.39, 0.29) is 5.69 Å². The molecule has 0 amide bonds. The van der Waals surface area contributed by atoms with Crippen molar-refractivity contribution in [3.63, 3.8) is 0 Å². The Bertz CT molecular complexity index is 327. The van der Waals surface area contributed by atoms with Crippen LogP contribution < -0.4 is 11.4 Å². The molecule has 0 aliphatic rings. The van der Waals surface area contributed by atoms with Gasteiger partial charge in [0.15, 0.2) is 0 Å². The summed E-state index contributed by atoms with van der Waals surface area (Å²) < 4.78 is 3.55. The molecule has 1 rings (SSSR count). The van der Waals surface area contributed by atoms with Crippen LogP contribution in [0.3, 0.4) is 0 Å². The molecular formula is C11H21N3O. The number of rotatable bonds is 7. The zero-order valence-corrected chi connectivity index (χ0v) is 9.48. The number of unbranched alkanes of at least 4 members (excludes halogenated alkanes) is 2. The van der Waals surface area contributed by atoms with Gasteiger partial charge in [-0.25, -0.2) is 4.79 Å². The van der Waals surface area contributed by atoms with E-state index in [4.69, 9.17) is 5.73 Å². The van der Waals surface area contributed by atoms with Crippen LogP contribution in [0.15, 0.2) is 17.2 Å². The molecule has 0 saturated carbocycles. The quantitative estimate of drug-likeness (QED) is 0.689. The second kappa shape index (κ2) is 6.45. The highest BCUT2D eigenvalue weighted by Crippen LogP contribution is 1.97. The predicted octanol–water partition coefficient (Wildman–Crippen LogP) is 1.19. The largest absolute Gasteiger partial charge is 0.330 e. The first-order chi connectivity index (χ1) is 7.29. The van der Waals surface area contributed by atoms with Crippen LogP contribution in [-0.2, 0) is 13.1 Å². The number of imidazole rings is 1. The molecular weight excluding hydrogens is 190 g/mol. The zero-order valence-electron chi connectivity index (χ0n) is 9.48. The first kappa shape index (κ1) is 12.0.